The monoisotopic (exact) mass is 298 g/mol. The van der Waals surface area contributed by atoms with E-state index < -0.39 is 0 Å². The zero-order valence-electron chi connectivity index (χ0n) is 8.72. The van der Waals surface area contributed by atoms with Gasteiger partial charge in [-0.15, -0.1) is 11.3 Å². The lowest BCUT2D eigenvalue weighted by molar-refractivity contribution is 0.900. The molecule has 2 rings (SSSR count). The van der Waals surface area contributed by atoms with E-state index in [9.17, 15) is 0 Å². The molecule has 0 aliphatic rings. The Morgan fingerprint density at radius 1 is 1.44 bits per heavy atom. The van der Waals surface area contributed by atoms with Crippen LogP contribution in [0, 0.1) is 0 Å². The first-order valence-electron chi connectivity index (χ1n) is 4.72. The summed E-state index contributed by atoms with van der Waals surface area (Å²) in [7, 11) is 1.97. The van der Waals surface area contributed by atoms with Crippen molar-refractivity contribution >= 4 is 38.1 Å². The number of thiophene rings is 1. The molecule has 0 spiro atoms. The highest BCUT2D eigenvalue weighted by atomic mass is 79.9. The smallest absolute Gasteiger partial charge is 0.144 e. The molecule has 2 N–H and O–H groups in total. The summed E-state index contributed by atoms with van der Waals surface area (Å²) in [6.45, 7) is 0.357. The zero-order chi connectivity index (χ0) is 11.5. The molecule has 0 unspecified atom stereocenters. The summed E-state index contributed by atoms with van der Waals surface area (Å²) in [4.78, 5) is 10.4. The maximum absolute atomic E-state index is 5.51. The molecule has 16 heavy (non-hydrogen) atoms. The Labute approximate surface area is 106 Å². The van der Waals surface area contributed by atoms with E-state index in [1.807, 2.05) is 30.1 Å². The lowest BCUT2D eigenvalue weighted by atomic mass is 10.4. The minimum atomic E-state index is 0.357. The molecule has 4 nitrogen and oxygen atoms in total. The summed E-state index contributed by atoms with van der Waals surface area (Å²) < 4.78 is 1.10. The zero-order valence-corrected chi connectivity index (χ0v) is 11.1. The lowest BCUT2D eigenvalue weighted by Gasteiger charge is -2.15. The van der Waals surface area contributed by atoms with Gasteiger partial charge in [0.05, 0.1) is 15.3 Å². The maximum atomic E-state index is 5.51. The van der Waals surface area contributed by atoms with Gasteiger partial charge in [-0.25, -0.2) is 9.97 Å². The number of aromatic nitrogens is 2. The molecule has 6 heteroatoms. The molecule has 0 atom stereocenters. The van der Waals surface area contributed by atoms with Crippen molar-refractivity contribution in [3.8, 4) is 0 Å². The summed E-state index contributed by atoms with van der Waals surface area (Å²) >= 11 is 5.10. The molecule has 0 amide bonds. The highest BCUT2D eigenvalue weighted by Gasteiger charge is 2.08. The Morgan fingerprint density at radius 2 is 2.25 bits per heavy atom. The van der Waals surface area contributed by atoms with Crippen molar-refractivity contribution in [2.24, 2.45) is 5.73 Å². The Morgan fingerprint density at radius 3 is 2.88 bits per heavy atom. The Balaban J connectivity index is 2.29. The predicted octanol–water partition coefficient (Wildman–Crippen LogP) is 2.53. The van der Waals surface area contributed by atoms with Crippen LogP contribution in [0.1, 0.15) is 5.82 Å². The normalized spacial score (nSPS) is 10.4. The van der Waals surface area contributed by atoms with Crippen LogP contribution in [0.25, 0.3) is 0 Å². The van der Waals surface area contributed by atoms with Gasteiger partial charge in [-0.1, -0.05) is 0 Å². The Hall–Kier alpha value is -0.980. The predicted molar refractivity (Wildman–Crippen MR) is 70.0 cm³/mol. The van der Waals surface area contributed by atoms with Crippen LogP contribution in [0.5, 0.6) is 0 Å². The second-order valence-corrected chi connectivity index (χ2v) is 5.61. The fourth-order valence-corrected chi connectivity index (χ4v) is 2.60. The molecule has 0 aliphatic carbocycles. The average molecular weight is 299 g/mol. The number of rotatable bonds is 3. The van der Waals surface area contributed by atoms with Crippen LogP contribution >= 0.6 is 27.3 Å². The van der Waals surface area contributed by atoms with Crippen molar-refractivity contribution in [1.29, 1.82) is 0 Å². The van der Waals surface area contributed by atoms with Crippen molar-refractivity contribution in [3.63, 3.8) is 0 Å². The molecule has 84 valence electrons. The van der Waals surface area contributed by atoms with Gasteiger partial charge in [-0.05, 0) is 34.1 Å². The third-order valence-electron chi connectivity index (χ3n) is 2.11. The fourth-order valence-electron chi connectivity index (χ4n) is 1.27. The number of hydrogen-bond donors (Lipinski definition) is 1. The van der Waals surface area contributed by atoms with Gasteiger partial charge in [0.1, 0.15) is 11.6 Å². The summed E-state index contributed by atoms with van der Waals surface area (Å²) in [6, 6.07) is 5.92. The number of nitrogens with two attached hydrogens (primary N) is 1. The molecule has 0 saturated heterocycles. The third-order valence-corrected chi connectivity index (χ3v) is 3.81. The van der Waals surface area contributed by atoms with E-state index in [-0.39, 0.29) is 0 Å². The van der Waals surface area contributed by atoms with Crippen molar-refractivity contribution < 1.29 is 0 Å². The van der Waals surface area contributed by atoms with Gasteiger partial charge in [0.15, 0.2) is 0 Å². The Kier molecular flexibility index (Phi) is 3.52. The quantitative estimate of drug-likeness (QED) is 0.946. The number of hydrogen-bond acceptors (Lipinski definition) is 5. The minimum absolute atomic E-state index is 0.357. The summed E-state index contributed by atoms with van der Waals surface area (Å²) in [5, 5.41) is 1.12. The van der Waals surface area contributed by atoms with E-state index in [0.717, 1.165) is 14.6 Å². The Bertz CT molecular complexity index is 485. The van der Waals surface area contributed by atoms with Crippen LogP contribution in [-0.4, -0.2) is 17.0 Å². The van der Waals surface area contributed by atoms with Crippen LogP contribution in [0.15, 0.2) is 28.2 Å². The topological polar surface area (TPSA) is 55.0 Å². The number of nitrogens with zero attached hydrogens (tertiary/aromatic N) is 3. The highest BCUT2D eigenvalue weighted by molar-refractivity contribution is 9.11. The molecule has 0 bridgehead atoms. The standard InChI is InChI=1S/C10H11BrN4S/c1-15(10-3-2-7(11)16-10)9-4-5-13-8(6-12)14-9/h2-5H,6,12H2,1H3. The summed E-state index contributed by atoms with van der Waals surface area (Å²) in [6.07, 6.45) is 1.73. The van der Waals surface area contributed by atoms with E-state index >= 15 is 0 Å². The molecule has 2 aromatic heterocycles. The van der Waals surface area contributed by atoms with E-state index in [1.54, 1.807) is 17.5 Å². The second kappa shape index (κ2) is 4.90. The van der Waals surface area contributed by atoms with Gasteiger partial charge in [0, 0.05) is 13.2 Å². The fraction of sp³-hybridized carbons (Fsp3) is 0.200. The molecular formula is C10H11BrN4S. The first kappa shape index (κ1) is 11.5. The van der Waals surface area contributed by atoms with E-state index in [0.29, 0.717) is 12.4 Å². The molecule has 0 aliphatic heterocycles. The number of anilines is 2. The van der Waals surface area contributed by atoms with Gasteiger partial charge in [-0.3, -0.25) is 0 Å². The molecular weight excluding hydrogens is 288 g/mol. The molecule has 0 radical (unpaired) electrons. The molecule has 2 heterocycles. The van der Waals surface area contributed by atoms with Gasteiger partial charge in [0.2, 0.25) is 0 Å². The average Bonchev–Trinajstić information content (AvgIpc) is 2.75. The molecule has 0 saturated carbocycles. The van der Waals surface area contributed by atoms with Crippen LogP contribution in [-0.2, 0) is 6.54 Å². The second-order valence-electron chi connectivity index (χ2n) is 3.17. The van der Waals surface area contributed by atoms with Crippen LogP contribution in [0.2, 0.25) is 0 Å². The van der Waals surface area contributed by atoms with E-state index in [1.165, 1.54) is 0 Å². The molecule has 0 fully saturated rings. The minimum Gasteiger partial charge on any atom is -0.324 e. The largest absolute Gasteiger partial charge is 0.324 e. The number of halogens is 1. The highest BCUT2D eigenvalue weighted by Crippen LogP contribution is 2.32. The third kappa shape index (κ3) is 2.40. The maximum Gasteiger partial charge on any atom is 0.144 e. The SMILES string of the molecule is CN(c1ccnc(CN)n1)c1ccc(Br)s1. The van der Waals surface area contributed by atoms with E-state index in [2.05, 4.69) is 25.9 Å². The van der Waals surface area contributed by atoms with Crippen LogP contribution in [0.4, 0.5) is 10.8 Å². The van der Waals surface area contributed by atoms with Gasteiger partial charge in [-0.2, -0.15) is 0 Å². The molecule has 2 aromatic rings. The summed E-state index contributed by atoms with van der Waals surface area (Å²) in [5.41, 5.74) is 5.51. The van der Waals surface area contributed by atoms with Crippen LogP contribution < -0.4 is 10.6 Å². The van der Waals surface area contributed by atoms with Crippen molar-refractivity contribution in [2.75, 3.05) is 11.9 Å². The van der Waals surface area contributed by atoms with E-state index in [4.69, 9.17) is 5.73 Å². The van der Waals surface area contributed by atoms with Crippen LogP contribution in [0.3, 0.4) is 0 Å². The van der Waals surface area contributed by atoms with Gasteiger partial charge < -0.3 is 10.6 Å². The van der Waals surface area contributed by atoms with Crippen molar-refractivity contribution in [2.45, 2.75) is 6.54 Å². The van der Waals surface area contributed by atoms with Crippen molar-refractivity contribution in [1.82, 2.24) is 9.97 Å². The molecule has 0 aromatic carbocycles. The lowest BCUT2D eigenvalue weighted by Crippen LogP contribution is -2.12. The first-order valence-corrected chi connectivity index (χ1v) is 6.32. The van der Waals surface area contributed by atoms with Gasteiger partial charge in [0.25, 0.3) is 0 Å². The van der Waals surface area contributed by atoms with Gasteiger partial charge >= 0.3 is 0 Å². The summed E-state index contributed by atoms with van der Waals surface area (Å²) in [5.74, 6) is 1.50. The van der Waals surface area contributed by atoms with Crippen molar-refractivity contribution in [3.05, 3.63) is 34.0 Å². The first-order chi connectivity index (χ1) is 7.70.